The molecule has 0 aromatic heterocycles. The van der Waals surface area contributed by atoms with Crippen LogP contribution in [0.15, 0.2) is 40.9 Å². The van der Waals surface area contributed by atoms with E-state index in [1.54, 1.807) is 0 Å². The van der Waals surface area contributed by atoms with Crippen LogP contribution in [0, 0.1) is 0 Å². The van der Waals surface area contributed by atoms with Gasteiger partial charge in [-0.3, -0.25) is 0 Å². The molecular weight excluding hydrogens is 236 g/mol. The van der Waals surface area contributed by atoms with Crippen molar-refractivity contribution >= 4 is 26.7 Å². The molecule has 72 valence electrons. The third-order valence-electron chi connectivity index (χ3n) is 2.49. The van der Waals surface area contributed by atoms with Gasteiger partial charge in [-0.2, -0.15) is 0 Å². The molecule has 0 unspecified atom stereocenters. The first-order chi connectivity index (χ1) is 6.66. The fraction of sp³-hybridized carbons (Fsp3) is 0.231. The van der Waals surface area contributed by atoms with Crippen LogP contribution in [-0.2, 0) is 0 Å². The maximum atomic E-state index is 3.48. The third kappa shape index (κ3) is 1.83. The zero-order valence-electron chi connectivity index (χ0n) is 8.42. The van der Waals surface area contributed by atoms with Gasteiger partial charge < -0.3 is 0 Å². The first kappa shape index (κ1) is 9.72. The first-order valence-electron chi connectivity index (χ1n) is 4.86. The van der Waals surface area contributed by atoms with Gasteiger partial charge >= 0.3 is 0 Å². The lowest BCUT2D eigenvalue weighted by Gasteiger charge is -2.06. The molecular formula is C13H13Br. The van der Waals surface area contributed by atoms with Gasteiger partial charge in [0, 0.05) is 4.47 Å². The Kier molecular flexibility index (Phi) is 2.60. The molecule has 0 bridgehead atoms. The van der Waals surface area contributed by atoms with Gasteiger partial charge in [0.05, 0.1) is 0 Å². The van der Waals surface area contributed by atoms with Gasteiger partial charge in [-0.1, -0.05) is 54.0 Å². The first-order valence-corrected chi connectivity index (χ1v) is 5.65. The highest BCUT2D eigenvalue weighted by Gasteiger charge is 2.00. The zero-order valence-corrected chi connectivity index (χ0v) is 10.0. The highest BCUT2D eigenvalue weighted by molar-refractivity contribution is 9.10. The standard InChI is InChI=1S/C13H13Br/c1-9(2)10-3-4-12-8-13(14)6-5-11(12)7-10/h3-9H,1-2H3. The molecule has 0 aliphatic rings. The van der Waals surface area contributed by atoms with Crippen LogP contribution in [0.3, 0.4) is 0 Å². The Morgan fingerprint density at radius 2 is 1.57 bits per heavy atom. The average Bonchev–Trinajstić information content (AvgIpc) is 2.16. The Morgan fingerprint density at radius 3 is 2.29 bits per heavy atom. The summed E-state index contributed by atoms with van der Waals surface area (Å²) in [6, 6.07) is 13.1. The molecule has 0 saturated heterocycles. The van der Waals surface area contributed by atoms with E-state index >= 15 is 0 Å². The van der Waals surface area contributed by atoms with Crippen molar-refractivity contribution in [1.82, 2.24) is 0 Å². The van der Waals surface area contributed by atoms with Crippen molar-refractivity contribution in [2.24, 2.45) is 0 Å². The largest absolute Gasteiger partial charge is 0.0587 e. The lowest BCUT2D eigenvalue weighted by molar-refractivity contribution is 0.869. The molecule has 0 amide bonds. The smallest absolute Gasteiger partial charge is 0.0181 e. The van der Waals surface area contributed by atoms with E-state index in [0.29, 0.717) is 5.92 Å². The molecule has 0 aliphatic carbocycles. The zero-order chi connectivity index (χ0) is 10.1. The minimum atomic E-state index is 0.600. The van der Waals surface area contributed by atoms with Crippen LogP contribution in [0.25, 0.3) is 10.8 Å². The van der Waals surface area contributed by atoms with Gasteiger partial charge in [0.1, 0.15) is 0 Å². The lowest BCUT2D eigenvalue weighted by atomic mass is 9.99. The van der Waals surface area contributed by atoms with Crippen LogP contribution in [0.1, 0.15) is 25.3 Å². The molecule has 1 heteroatoms. The summed E-state index contributed by atoms with van der Waals surface area (Å²) in [7, 11) is 0. The van der Waals surface area contributed by atoms with Gasteiger partial charge in [-0.05, 0) is 34.4 Å². The summed E-state index contributed by atoms with van der Waals surface area (Å²) in [6.45, 7) is 4.44. The number of hydrogen-bond acceptors (Lipinski definition) is 0. The lowest BCUT2D eigenvalue weighted by Crippen LogP contribution is -1.86. The molecule has 0 N–H and O–H groups in total. The minimum absolute atomic E-state index is 0.600. The fourth-order valence-electron chi connectivity index (χ4n) is 1.59. The normalized spacial score (nSPS) is 11.1. The van der Waals surface area contributed by atoms with Crippen LogP contribution < -0.4 is 0 Å². The summed E-state index contributed by atoms with van der Waals surface area (Å²) in [5.74, 6) is 0.600. The second-order valence-electron chi connectivity index (χ2n) is 3.91. The van der Waals surface area contributed by atoms with E-state index in [-0.39, 0.29) is 0 Å². The minimum Gasteiger partial charge on any atom is -0.0587 e. The number of benzene rings is 2. The van der Waals surface area contributed by atoms with Crippen LogP contribution in [0.2, 0.25) is 0 Å². The summed E-state index contributed by atoms with van der Waals surface area (Å²) in [5, 5.41) is 2.61. The van der Waals surface area contributed by atoms with Gasteiger partial charge in [-0.15, -0.1) is 0 Å². The SMILES string of the molecule is CC(C)c1ccc2cc(Br)ccc2c1. The van der Waals surface area contributed by atoms with E-state index in [0.717, 1.165) is 4.47 Å². The Balaban J connectivity index is 2.62. The maximum absolute atomic E-state index is 3.48. The van der Waals surface area contributed by atoms with Crippen LogP contribution in [0.4, 0.5) is 0 Å². The highest BCUT2D eigenvalue weighted by atomic mass is 79.9. The maximum Gasteiger partial charge on any atom is 0.0181 e. The highest BCUT2D eigenvalue weighted by Crippen LogP contribution is 2.23. The summed E-state index contributed by atoms with van der Waals surface area (Å²) in [6.07, 6.45) is 0. The molecule has 0 atom stereocenters. The van der Waals surface area contributed by atoms with Gasteiger partial charge in [0.2, 0.25) is 0 Å². The molecule has 2 aromatic rings. The van der Waals surface area contributed by atoms with E-state index in [4.69, 9.17) is 0 Å². The molecule has 0 spiro atoms. The van der Waals surface area contributed by atoms with Crippen molar-refractivity contribution < 1.29 is 0 Å². The average molecular weight is 249 g/mol. The Labute approximate surface area is 93.1 Å². The van der Waals surface area contributed by atoms with Crippen molar-refractivity contribution in [2.45, 2.75) is 19.8 Å². The van der Waals surface area contributed by atoms with Crippen molar-refractivity contribution in [2.75, 3.05) is 0 Å². The monoisotopic (exact) mass is 248 g/mol. The molecule has 0 aliphatic heterocycles. The molecule has 0 heterocycles. The van der Waals surface area contributed by atoms with Crippen LogP contribution in [0.5, 0.6) is 0 Å². The predicted octanol–water partition coefficient (Wildman–Crippen LogP) is 4.73. The van der Waals surface area contributed by atoms with Gasteiger partial charge in [0.25, 0.3) is 0 Å². The number of halogens is 1. The van der Waals surface area contributed by atoms with Crippen LogP contribution in [-0.4, -0.2) is 0 Å². The van der Waals surface area contributed by atoms with Crippen LogP contribution >= 0.6 is 15.9 Å². The van der Waals surface area contributed by atoms with E-state index in [2.05, 4.69) is 66.2 Å². The topological polar surface area (TPSA) is 0 Å². The number of hydrogen-bond donors (Lipinski definition) is 0. The Bertz CT molecular complexity index is 458. The van der Waals surface area contributed by atoms with Crippen molar-refractivity contribution in [3.8, 4) is 0 Å². The van der Waals surface area contributed by atoms with E-state index in [1.807, 2.05) is 0 Å². The molecule has 0 fully saturated rings. The molecule has 0 radical (unpaired) electrons. The Hall–Kier alpha value is -0.820. The van der Waals surface area contributed by atoms with Gasteiger partial charge in [-0.25, -0.2) is 0 Å². The molecule has 2 aromatic carbocycles. The number of rotatable bonds is 1. The fourth-order valence-corrected chi connectivity index (χ4v) is 1.97. The van der Waals surface area contributed by atoms with Crippen molar-refractivity contribution in [3.63, 3.8) is 0 Å². The van der Waals surface area contributed by atoms with E-state index in [1.165, 1.54) is 16.3 Å². The summed E-state index contributed by atoms with van der Waals surface area (Å²) in [4.78, 5) is 0. The van der Waals surface area contributed by atoms with Crippen molar-refractivity contribution in [1.29, 1.82) is 0 Å². The van der Waals surface area contributed by atoms with Crippen molar-refractivity contribution in [3.05, 3.63) is 46.4 Å². The third-order valence-corrected chi connectivity index (χ3v) is 2.99. The molecule has 14 heavy (non-hydrogen) atoms. The molecule has 0 nitrogen and oxygen atoms in total. The van der Waals surface area contributed by atoms with E-state index < -0.39 is 0 Å². The van der Waals surface area contributed by atoms with Gasteiger partial charge in [0.15, 0.2) is 0 Å². The Morgan fingerprint density at radius 1 is 0.929 bits per heavy atom. The quantitative estimate of drug-likeness (QED) is 0.685. The summed E-state index contributed by atoms with van der Waals surface area (Å²) >= 11 is 3.48. The predicted molar refractivity (Wildman–Crippen MR) is 65.7 cm³/mol. The van der Waals surface area contributed by atoms with E-state index in [9.17, 15) is 0 Å². The molecule has 2 rings (SSSR count). The summed E-state index contributed by atoms with van der Waals surface area (Å²) < 4.78 is 1.14. The second kappa shape index (κ2) is 3.74. The second-order valence-corrected chi connectivity index (χ2v) is 4.82. The number of fused-ring (bicyclic) bond motifs is 1. The molecule has 0 saturated carbocycles. The summed E-state index contributed by atoms with van der Waals surface area (Å²) in [5.41, 5.74) is 1.40.